The number of hydrogen-bond acceptors (Lipinski definition) is 6. The molecule has 1 fully saturated rings. The van der Waals surface area contributed by atoms with Gasteiger partial charge in [-0.1, -0.05) is 6.07 Å². The van der Waals surface area contributed by atoms with Gasteiger partial charge in [-0.05, 0) is 42.5 Å². The van der Waals surface area contributed by atoms with Crippen molar-refractivity contribution in [2.75, 3.05) is 38.6 Å². The van der Waals surface area contributed by atoms with E-state index in [9.17, 15) is 5.11 Å². The van der Waals surface area contributed by atoms with E-state index in [4.69, 9.17) is 10.5 Å². The van der Waals surface area contributed by atoms with E-state index in [2.05, 4.69) is 16.0 Å². The Bertz CT molecular complexity index is 686. The third-order valence-corrected chi connectivity index (χ3v) is 4.62. The third-order valence-electron chi connectivity index (χ3n) is 4.62. The molecule has 2 unspecified atom stereocenters. The number of rotatable bonds is 5. The quantitative estimate of drug-likeness (QED) is 0.502. The summed E-state index contributed by atoms with van der Waals surface area (Å²) in [6.45, 7) is 3.78. The maximum absolute atomic E-state index is 15.7. The van der Waals surface area contributed by atoms with E-state index in [0.717, 1.165) is 17.7 Å². The van der Waals surface area contributed by atoms with Gasteiger partial charge in [0.25, 0.3) is 0 Å². The van der Waals surface area contributed by atoms with Crippen molar-refractivity contribution in [3.63, 3.8) is 0 Å². The Morgan fingerprint density at radius 2 is 2.32 bits per heavy atom. The molecule has 0 bridgehead atoms. The number of dihydropyridines is 1. The summed E-state index contributed by atoms with van der Waals surface area (Å²) in [6.07, 6.45) is 2.95. The predicted molar refractivity (Wildman–Crippen MR) is 96.3 cm³/mol. The van der Waals surface area contributed by atoms with Gasteiger partial charge in [-0.25, -0.2) is 4.39 Å². The molecule has 2 atom stereocenters. The second-order valence-corrected chi connectivity index (χ2v) is 6.30. The van der Waals surface area contributed by atoms with Crippen molar-refractivity contribution >= 4 is 11.3 Å². The van der Waals surface area contributed by atoms with Crippen LogP contribution in [0.3, 0.4) is 0 Å². The van der Waals surface area contributed by atoms with Crippen molar-refractivity contribution in [2.24, 2.45) is 0 Å². The molecule has 2 heterocycles. The molecule has 7 heteroatoms. The lowest BCUT2D eigenvalue weighted by Crippen LogP contribution is -2.68. The van der Waals surface area contributed by atoms with E-state index in [1.165, 1.54) is 0 Å². The van der Waals surface area contributed by atoms with Gasteiger partial charge in [0, 0.05) is 30.9 Å². The number of morpholine rings is 1. The molecule has 0 amide bonds. The SMILES string of the molecule is Cc1ccc(N)cc1C1=C(F)C(NCCO)(C2CNCCO2)NC=C1. The van der Waals surface area contributed by atoms with Crippen molar-refractivity contribution in [1.82, 2.24) is 16.0 Å². The number of hydrogen-bond donors (Lipinski definition) is 5. The number of nitrogens with two attached hydrogens (primary N) is 1. The van der Waals surface area contributed by atoms with Gasteiger partial charge in [0.15, 0.2) is 11.5 Å². The number of aliphatic hydroxyl groups excluding tert-OH is 1. The molecule has 6 N–H and O–H groups in total. The van der Waals surface area contributed by atoms with Crippen LogP contribution < -0.4 is 21.7 Å². The van der Waals surface area contributed by atoms with Crippen LogP contribution in [0.4, 0.5) is 10.1 Å². The minimum absolute atomic E-state index is 0.104. The Morgan fingerprint density at radius 1 is 1.48 bits per heavy atom. The highest BCUT2D eigenvalue weighted by atomic mass is 19.1. The number of allylic oxidation sites excluding steroid dienone is 2. The van der Waals surface area contributed by atoms with E-state index in [0.29, 0.717) is 24.4 Å². The largest absolute Gasteiger partial charge is 0.399 e. The first-order valence-electron chi connectivity index (χ1n) is 8.47. The van der Waals surface area contributed by atoms with Crippen LogP contribution in [0.25, 0.3) is 5.57 Å². The first-order chi connectivity index (χ1) is 12.1. The molecule has 0 radical (unpaired) electrons. The van der Waals surface area contributed by atoms with Crippen molar-refractivity contribution in [3.05, 3.63) is 47.4 Å². The van der Waals surface area contributed by atoms with E-state index >= 15 is 4.39 Å². The first-order valence-corrected chi connectivity index (χ1v) is 8.47. The van der Waals surface area contributed by atoms with Crippen LogP contribution in [0, 0.1) is 6.92 Å². The van der Waals surface area contributed by atoms with E-state index in [-0.39, 0.29) is 19.0 Å². The van der Waals surface area contributed by atoms with Crippen molar-refractivity contribution in [2.45, 2.75) is 18.7 Å². The Hall–Kier alpha value is -1.93. The fourth-order valence-corrected chi connectivity index (χ4v) is 3.32. The molecule has 2 aliphatic heterocycles. The zero-order chi connectivity index (χ0) is 17.9. The molecule has 0 aromatic heterocycles. The lowest BCUT2D eigenvalue weighted by molar-refractivity contribution is -0.0373. The summed E-state index contributed by atoms with van der Waals surface area (Å²) < 4.78 is 21.6. The average molecular weight is 348 g/mol. The highest BCUT2D eigenvalue weighted by Gasteiger charge is 2.46. The molecule has 0 saturated carbocycles. The Balaban J connectivity index is 2.07. The topological polar surface area (TPSA) is 91.6 Å². The van der Waals surface area contributed by atoms with E-state index in [1.807, 2.05) is 13.0 Å². The molecular weight excluding hydrogens is 323 g/mol. The van der Waals surface area contributed by atoms with Gasteiger partial charge in [-0.2, -0.15) is 0 Å². The molecular formula is C18H25FN4O2. The van der Waals surface area contributed by atoms with Crippen molar-refractivity contribution in [3.8, 4) is 0 Å². The van der Waals surface area contributed by atoms with Crippen LogP contribution in [0.5, 0.6) is 0 Å². The molecule has 0 spiro atoms. The number of anilines is 1. The zero-order valence-corrected chi connectivity index (χ0v) is 14.3. The maximum atomic E-state index is 15.7. The van der Waals surface area contributed by atoms with Crippen molar-refractivity contribution in [1.29, 1.82) is 0 Å². The predicted octanol–water partition coefficient (Wildman–Crippen LogP) is 0.641. The summed E-state index contributed by atoms with van der Waals surface area (Å²) in [5.41, 5.74) is 7.38. The Labute approximate surface area is 146 Å². The molecule has 25 heavy (non-hydrogen) atoms. The highest BCUT2D eigenvalue weighted by Crippen LogP contribution is 2.36. The van der Waals surface area contributed by atoms with Gasteiger partial charge in [-0.3, -0.25) is 5.32 Å². The standard InChI is InChI=1S/C18H25FN4O2/c1-12-2-3-13(20)10-15(12)14-4-5-22-18(17(14)19,23-6-8-24)16-11-21-7-9-25-16/h2-5,10,16,21-24H,6-9,11,20H2,1H3. The van der Waals surface area contributed by atoms with Crippen LogP contribution in [-0.2, 0) is 4.74 Å². The van der Waals surface area contributed by atoms with Gasteiger partial charge in [-0.15, -0.1) is 0 Å². The van der Waals surface area contributed by atoms with Gasteiger partial charge in [0.1, 0.15) is 6.10 Å². The summed E-state index contributed by atoms with van der Waals surface area (Å²) in [7, 11) is 0. The number of benzene rings is 1. The second-order valence-electron chi connectivity index (χ2n) is 6.30. The number of nitrogens with one attached hydrogen (secondary N) is 3. The fourth-order valence-electron chi connectivity index (χ4n) is 3.32. The maximum Gasteiger partial charge on any atom is 0.170 e. The minimum atomic E-state index is -1.24. The van der Waals surface area contributed by atoms with Crippen LogP contribution in [-0.4, -0.2) is 49.7 Å². The molecule has 0 aliphatic carbocycles. The number of aliphatic hydroxyl groups is 1. The Kier molecular flexibility index (Phi) is 5.39. The highest BCUT2D eigenvalue weighted by molar-refractivity contribution is 5.81. The minimum Gasteiger partial charge on any atom is -0.399 e. The summed E-state index contributed by atoms with van der Waals surface area (Å²) in [5, 5.41) is 18.7. The van der Waals surface area contributed by atoms with Gasteiger partial charge < -0.3 is 26.2 Å². The van der Waals surface area contributed by atoms with E-state index in [1.54, 1.807) is 24.4 Å². The second kappa shape index (κ2) is 7.53. The average Bonchev–Trinajstić information content (AvgIpc) is 2.64. The number of aryl methyl sites for hydroxylation is 1. The number of nitrogen functional groups attached to an aromatic ring is 1. The number of halogens is 1. The molecule has 1 saturated heterocycles. The molecule has 1 aromatic rings. The van der Waals surface area contributed by atoms with Crippen LogP contribution >= 0.6 is 0 Å². The molecule has 6 nitrogen and oxygen atoms in total. The summed E-state index contributed by atoms with van der Waals surface area (Å²) in [5.74, 6) is -0.370. The molecule has 136 valence electrons. The lowest BCUT2D eigenvalue weighted by Gasteiger charge is -2.44. The van der Waals surface area contributed by atoms with Crippen LogP contribution in [0.15, 0.2) is 36.3 Å². The third kappa shape index (κ3) is 3.41. The van der Waals surface area contributed by atoms with Crippen LogP contribution in [0.2, 0.25) is 0 Å². The van der Waals surface area contributed by atoms with Gasteiger partial charge >= 0.3 is 0 Å². The summed E-state index contributed by atoms with van der Waals surface area (Å²) >= 11 is 0. The lowest BCUT2D eigenvalue weighted by atomic mass is 9.89. The normalized spacial score (nSPS) is 26.6. The van der Waals surface area contributed by atoms with Gasteiger partial charge in [0.05, 0.1) is 13.2 Å². The van der Waals surface area contributed by atoms with Gasteiger partial charge in [0.2, 0.25) is 0 Å². The smallest absolute Gasteiger partial charge is 0.170 e. The van der Waals surface area contributed by atoms with E-state index < -0.39 is 11.8 Å². The Morgan fingerprint density at radius 3 is 3.04 bits per heavy atom. The zero-order valence-electron chi connectivity index (χ0n) is 14.3. The number of ether oxygens (including phenoxy) is 1. The summed E-state index contributed by atoms with van der Waals surface area (Å²) in [6, 6.07) is 5.45. The molecule has 2 aliphatic rings. The fraction of sp³-hybridized carbons (Fsp3) is 0.444. The molecule has 1 aromatic carbocycles. The monoisotopic (exact) mass is 348 g/mol. The van der Waals surface area contributed by atoms with Crippen LogP contribution in [0.1, 0.15) is 11.1 Å². The summed E-state index contributed by atoms with van der Waals surface area (Å²) in [4.78, 5) is 0. The van der Waals surface area contributed by atoms with Crippen molar-refractivity contribution < 1.29 is 14.2 Å². The first kappa shape index (κ1) is 17.9. The molecule has 3 rings (SSSR count).